The Labute approximate surface area is 191 Å². The van der Waals surface area contributed by atoms with Crippen LogP contribution in [-0.2, 0) is 23.9 Å². The van der Waals surface area contributed by atoms with Crippen LogP contribution in [0.1, 0.15) is 48.5 Å². The van der Waals surface area contributed by atoms with E-state index in [0.717, 1.165) is 0 Å². The van der Waals surface area contributed by atoms with Crippen molar-refractivity contribution in [3.63, 3.8) is 0 Å². The predicted octanol–water partition coefficient (Wildman–Crippen LogP) is 1.84. The number of piperazine rings is 1. The maximum atomic E-state index is 12.6. The summed E-state index contributed by atoms with van der Waals surface area (Å²) in [6, 6.07) is 1.58. The molecular formula is C21H34BN3O6S. The molecule has 0 radical (unpaired) electrons. The molecule has 3 heterocycles. The van der Waals surface area contributed by atoms with Crippen LogP contribution in [-0.4, -0.2) is 80.8 Å². The van der Waals surface area contributed by atoms with Gasteiger partial charge in [-0.1, -0.05) is 0 Å². The normalized spacial score (nSPS) is 21.1. The van der Waals surface area contributed by atoms with Crippen LogP contribution in [0.4, 0.5) is 10.6 Å². The Morgan fingerprint density at radius 1 is 1.09 bits per heavy atom. The first-order valence-electron chi connectivity index (χ1n) is 10.8. The molecule has 11 heteroatoms. The van der Waals surface area contributed by atoms with Crippen molar-refractivity contribution < 1.29 is 27.3 Å². The molecule has 32 heavy (non-hydrogen) atoms. The van der Waals surface area contributed by atoms with Gasteiger partial charge in [0.2, 0.25) is 0 Å². The third-order valence-corrected chi connectivity index (χ3v) is 7.11. The molecule has 2 saturated heterocycles. The van der Waals surface area contributed by atoms with E-state index in [0.29, 0.717) is 37.5 Å². The highest BCUT2D eigenvalue weighted by atomic mass is 32.2. The molecule has 3 rings (SSSR count). The lowest BCUT2D eigenvalue weighted by Crippen LogP contribution is -2.50. The van der Waals surface area contributed by atoms with Crippen molar-refractivity contribution in [1.82, 2.24) is 9.88 Å². The van der Waals surface area contributed by atoms with E-state index in [1.54, 1.807) is 17.2 Å². The number of hydrogen-bond acceptors (Lipinski definition) is 8. The van der Waals surface area contributed by atoms with Gasteiger partial charge in [0.1, 0.15) is 16.3 Å². The highest BCUT2D eigenvalue weighted by Gasteiger charge is 2.52. The molecule has 0 aliphatic carbocycles. The smallest absolute Gasteiger partial charge is 0.444 e. The van der Waals surface area contributed by atoms with Gasteiger partial charge in [0.15, 0.2) is 9.84 Å². The van der Waals surface area contributed by atoms with Crippen molar-refractivity contribution in [2.24, 2.45) is 0 Å². The van der Waals surface area contributed by atoms with Crippen molar-refractivity contribution in [3.05, 3.63) is 12.3 Å². The molecule has 1 aromatic rings. The Bertz CT molecular complexity index is 966. The van der Waals surface area contributed by atoms with Crippen molar-refractivity contribution in [3.8, 4) is 0 Å². The molecule has 2 aliphatic rings. The van der Waals surface area contributed by atoms with Gasteiger partial charge >= 0.3 is 13.2 Å². The number of aromatic nitrogens is 1. The zero-order chi connectivity index (χ0) is 24.1. The van der Waals surface area contributed by atoms with E-state index in [1.807, 2.05) is 53.4 Å². The van der Waals surface area contributed by atoms with Gasteiger partial charge in [-0.25, -0.2) is 18.2 Å². The number of sulfone groups is 1. The molecule has 9 nitrogen and oxygen atoms in total. The van der Waals surface area contributed by atoms with Crippen LogP contribution in [0.2, 0.25) is 0 Å². The fourth-order valence-electron chi connectivity index (χ4n) is 3.50. The second kappa shape index (κ2) is 8.18. The summed E-state index contributed by atoms with van der Waals surface area (Å²) in [6.45, 7) is 15.0. The molecule has 2 aliphatic heterocycles. The summed E-state index contributed by atoms with van der Waals surface area (Å²) >= 11 is 0. The Hall–Kier alpha value is -1.85. The number of carbonyl (C=O) groups is 1. The zero-order valence-electron chi connectivity index (χ0n) is 20.3. The highest BCUT2D eigenvalue weighted by Crippen LogP contribution is 2.36. The minimum absolute atomic E-state index is 0.121. The van der Waals surface area contributed by atoms with Crippen LogP contribution in [0.25, 0.3) is 0 Å². The number of amides is 1. The monoisotopic (exact) mass is 467 g/mol. The second-order valence-electron chi connectivity index (χ2n) is 10.4. The van der Waals surface area contributed by atoms with Crippen LogP contribution < -0.4 is 10.4 Å². The van der Waals surface area contributed by atoms with Gasteiger partial charge in [-0.05, 0) is 54.5 Å². The Kier molecular flexibility index (Phi) is 6.34. The maximum Gasteiger partial charge on any atom is 0.496 e. The molecule has 1 aromatic heterocycles. The number of nitrogens with zero attached hydrogens (tertiary/aromatic N) is 3. The topological polar surface area (TPSA) is 98.3 Å². The van der Waals surface area contributed by atoms with Gasteiger partial charge in [-0.2, -0.15) is 0 Å². The lowest BCUT2D eigenvalue weighted by atomic mass is 9.80. The Morgan fingerprint density at radius 2 is 1.62 bits per heavy atom. The van der Waals surface area contributed by atoms with Crippen LogP contribution in [0, 0.1) is 0 Å². The van der Waals surface area contributed by atoms with Gasteiger partial charge < -0.3 is 23.8 Å². The summed E-state index contributed by atoms with van der Waals surface area (Å²) in [5, 5.41) is 0. The number of pyridine rings is 1. The number of hydrogen-bond donors (Lipinski definition) is 0. The molecular weight excluding hydrogens is 433 g/mol. The summed E-state index contributed by atoms with van der Waals surface area (Å²) in [4.78, 5) is 20.4. The van der Waals surface area contributed by atoms with E-state index in [-0.39, 0.29) is 11.0 Å². The fourth-order valence-corrected chi connectivity index (χ4v) is 4.36. The van der Waals surface area contributed by atoms with Crippen LogP contribution in [0.3, 0.4) is 0 Å². The van der Waals surface area contributed by atoms with Crippen molar-refractivity contribution in [2.45, 2.75) is 70.2 Å². The van der Waals surface area contributed by atoms with Gasteiger partial charge in [-0.3, -0.25) is 0 Å². The SMILES string of the molecule is CC(C)(C)OC(=O)N1CCN(c2ncc(B3OC(C)(C)C(C)(C)O3)cc2S(C)(=O)=O)CC1. The van der Waals surface area contributed by atoms with Crippen LogP contribution in [0.5, 0.6) is 0 Å². The van der Waals surface area contributed by atoms with Crippen molar-refractivity contribution in [1.29, 1.82) is 0 Å². The van der Waals surface area contributed by atoms with Gasteiger partial charge in [-0.15, -0.1) is 0 Å². The van der Waals surface area contributed by atoms with E-state index in [9.17, 15) is 13.2 Å². The summed E-state index contributed by atoms with van der Waals surface area (Å²) in [7, 11) is -4.27. The van der Waals surface area contributed by atoms with E-state index in [1.165, 1.54) is 6.26 Å². The summed E-state index contributed by atoms with van der Waals surface area (Å²) in [5.41, 5.74) is -1.10. The average Bonchev–Trinajstić information content (AvgIpc) is 2.87. The molecule has 2 fully saturated rings. The largest absolute Gasteiger partial charge is 0.496 e. The second-order valence-corrected chi connectivity index (χ2v) is 12.4. The van der Waals surface area contributed by atoms with E-state index in [4.69, 9.17) is 14.0 Å². The average molecular weight is 467 g/mol. The zero-order valence-corrected chi connectivity index (χ0v) is 21.1. The van der Waals surface area contributed by atoms with Gasteiger partial charge in [0.25, 0.3) is 0 Å². The minimum atomic E-state index is -3.57. The summed E-state index contributed by atoms with van der Waals surface area (Å²) in [6.07, 6.45) is 2.40. The molecule has 0 saturated carbocycles. The molecule has 0 spiro atoms. The van der Waals surface area contributed by atoms with E-state index < -0.39 is 33.8 Å². The minimum Gasteiger partial charge on any atom is -0.444 e. The van der Waals surface area contributed by atoms with Crippen LogP contribution in [0.15, 0.2) is 17.2 Å². The Balaban J connectivity index is 1.81. The predicted molar refractivity (Wildman–Crippen MR) is 123 cm³/mol. The number of rotatable bonds is 3. The Morgan fingerprint density at radius 3 is 2.09 bits per heavy atom. The van der Waals surface area contributed by atoms with Crippen LogP contribution >= 0.6 is 0 Å². The molecule has 0 bridgehead atoms. The fraction of sp³-hybridized carbons (Fsp3) is 0.714. The number of anilines is 1. The third kappa shape index (κ3) is 5.21. The van der Waals surface area contributed by atoms with E-state index >= 15 is 0 Å². The first-order chi connectivity index (χ1) is 14.5. The number of ether oxygens (including phenoxy) is 1. The molecule has 0 aromatic carbocycles. The molecule has 1 amide bonds. The first kappa shape index (κ1) is 24.8. The summed E-state index contributed by atoms with van der Waals surface area (Å²) in [5.74, 6) is 0.372. The maximum absolute atomic E-state index is 12.6. The molecule has 0 unspecified atom stereocenters. The standard InChI is InChI=1S/C21H34BN3O6S/c1-19(2,3)29-18(26)25-11-9-24(10-12-25)17-16(32(8,27)28)13-15(14-23-17)22-30-20(4,5)21(6,7)31-22/h13-14H,9-12H2,1-8H3. The third-order valence-electron chi connectivity index (χ3n) is 6.01. The number of carbonyl (C=O) groups excluding carboxylic acids is 1. The van der Waals surface area contributed by atoms with Gasteiger partial charge in [0.05, 0.1) is 11.2 Å². The van der Waals surface area contributed by atoms with Crippen molar-refractivity contribution in [2.75, 3.05) is 37.3 Å². The highest BCUT2D eigenvalue weighted by molar-refractivity contribution is 7.90. The molecule has 178 valence electrons. The van der Waals surface area contributed by atoms with Gasteiger partial charge in [0, 0.05) is 44.1 Å². The molecule has 0 N–H and O–H groups in total. The quantitative estimate of drug-likeness (QED) is 0.622. The lowest BCUT2D eigenvalue weighted by Gasteiger charge is -2.36. The summed E-state index contributed by atoms with van der Waals surface area (Å²) < 4.78 is 42.8. The lowest BCUT2D eigenvalue weighted by molar-refractivity contribution is 0.00578. The first-order valence-corrected chi connectivity index (χ1v) is 12.7. The van der Waals surface area contributed by atoms with Crippen molar-refractivity contribution >= 4 is 34.3 Å². The molecule has 0 atom stereocenters. The van der Waals surface area contributed by atoms with E-state index in [2.05, 4.69) is 4.98 Å².